The number of hydrogen-bond acceptors (Lipinski definition) is 2. The molecule has 0 bridgehead atoms. The van der Waals surface area contributed by atoms with E-state index in [1.165, 1.54) is 5.56 Å². The Morgan fingerprint density at radius 2 is 1.94 bits per heavy atom. The Bertz CT molecular complexity index is 711. The summed E-state index contributed by atoms with van der Waals surface area (Å²) in [5.41, 5.74) is 4.44. The Morgan fingerprint density at radius 1 is 1.17 bits per heavy atom. The number of hydrogen-bond donors (Lipinski definition) is 1. The standard InChI is InChI=1S/C15H12N2O/c1-10-4-6-11(7-5-10)14-13(9-18)12-3-2-8-16-15(12)17-14/h2-9H,1H3,(H,16,17). The van der Waals surface area contributed by atoms with Crippen LogP contribution in [0.5, 0.6) is 0 Å². The average molecular weight is 236 g/mol. The number of aromatic amines is 1. The third-order valence-electron chi connectivity index (χ3n) is 3.07. The number of nitrogens with zero attached hydrogens (tertiary/aromatic N) is 1. The van der Waals surface area contributed by atoms with Crippen molar-refractivity contribution in [2.24, 2.45) is 0 Å². The van der Waals surface area contributed by atoms with Crippen LogP contribution in [0.4, 0.5) is 0 Å². The summed E-state index contributed by atoms with van der Waals surface area (Å²) < 4.78 is 0. The Balaban J connectivity index is 2.28. The SMILES string of the molecule is Cc1ccc(-c2[nH]c3ncccc3c2C=O)cc1. The number of rotatable bonds is 2. The van der Waals surface area contributed by atoms with Gasteiger partial charge in [0.25, 0.3) is 0 Å². The first-order valence-electron chi connectivity index (χ1n) is 5.78. The summed E-state index contributed by atoms with van der Waals surface area (Å²) in [6.07, 6.45) is 2.60. The van der Waals surface area contributed by atoms with E-state index in [1.807, 2.05) is 43.3 Å². The van der Waals surface area contributed by atoms with E-state index in [0.717, 1.165) is 28.6 Å². The van der Waals surface area contributed by atoms with Gasteiger partial charge >= 0.3 is 0 Å². The third-order valence-corrected chi connectivity index (χ3v) is 3.07. The molecule has 0 fully saturated rings. The zero-order chi connectivity index (χ0) is 12.5. The van der Waals surface area contributed by atoms with Crippen LogP contribution in [0.1, 0.15) is 15.9 Å². The molecule has 2 aromatic heterocycles. The topological polar surface area (TPSA) is 45.8 Å². The maximum absolute atomic E-state index is 11.3. The summed E-state index contributed by atoms with van der Waals surface area (Å²) in [5, 5.41) is 0.864. The molecule has 0 saturated carbocycles. The van der Waals surface area contributed by atoms with Crippen molar-refractivity contribution in [2.45, 2.75) is 6.92 Å². The molecule has 0 radical (unpaired) electrons. The molecule has 0 unspecified atom stereocenters. The highest BCUT2D eigenvalue weighted by molar-refractivity contribution is 6.03. The van der Waals surface area contributed by atoms with Crippen molar-refractivity contribution in [3.05, 3.63) is 53.7 Å². The largest absolute Gasteiger partial charge is 0.339 e. The minimum Gasteiger partial charge on any atom is -0.339 e. The number of fused-ring (bicyclic) bond motifs is 1. The number of nitrogens with one attached hydrogen (secondary N) is 1. The molecule has 0 spiro atoms. The van der Waals surface area contributed by atoms with Crippen LogP contribution in [0.25, 0.3) is 22.3 Å². The third kappa shape index (κ3) is 1.61. The molecule has 2 heterocycles. The van der Waals surface area contributed by atoms with Crippen molar-refractivity contribution in [2.75, 3.05) is 0 Å². The van der Waals surface area contributed by atoms with E-state index in [9.17, 15) is 4.79 Å². The lowest BCUT2D eigenvalue weighted by molar-refractivity contribution is 0.112. The predicted octanol–water partition coefficient (Wildman–Crippen LogP) is 3.35. The predicted molar refractivity (Wildman–Crippen MR) is 71.7 cm³/mol. The molecule has 0 aliphatic rings. The van der Waals surface area contributed by atoms with Gasteiger partial charge < -0.3 is 4.98 Å². The van der Waals surface area contributed by atoms with E-state index in [2.05, 4.69) is 9.97 Å². The number of carbonyl (C=O) groups excluding carboxylic acids is 1. The summed E-state index contributed by atoms with van der Waals surface area (Å²) in [6.45, 7) is 2.04. The molecule has 3 nitrogen and oxygen atoms in total. The molecule has 3 heteroatoms. The minimum absolute atomic E-state index is 0.668. The molecule has 1 N–H and O–H groups in total. The van der Waals surface area contributed by atoms with Gasteiger partial charge in [-0.1, -0.05) is 29.8 Å². The van der Waals surface area contributed by atoms with Crippen molar-refractivity contribution in [3.8, 4) is 11.3 Å². The molecule has 0 atom stereocenters. The monoisotopic (exact) mass is 236 g/mol. The zero-order valence-electron chi connectivity index (χ0n) is 9.97. The van der Waals surface area contributed by atoms with Crippen LogP contribution in [-0.2, 0) is 0 Å². The van der Waals surface area contributed by atoms with Crippen LogP contribution in [0.2, 0.25) is 0 Å². The summed E-state index contributed by atoms with van der Waals surface area (Å²) in [7, 11) is 0. The number of H-pyrrole nitrogens is 1. The summed E-state index contributed by atoms with van der Waals surface area (Å²) in [4.78, 5) is 18.7. The smallest absolute Gasteiger partial charge is 0.152 e. The molecule has 1 aromatic carbocycles. The highest BCUT2D eigenvalue weighted by atomic mass is 16.1. The molecule has 3 aromatic rings. The molecule has 88 valence electrons. The van der Waals surface area contributed by atoms with E-state index in [0.29, 0.717) is 5.56 Å². The first kappa shape index (κ1) is 10.7. The Labute approximate surface area is 104 Å². The zero-order valence-corrected chi connectivity index (χ0v) is 9.97. The highest BCUT2D eigenvalue weighted by Gasteiger charge is 2.12. The number of aromatic nitrogens is 2. The summed E-state index contributed by atoms with van der Waals surface area (Å²) in [6, 6.07) is 11.8. The minimum atomic E-state index is 0.668. The fourth-order valence-corrected chi connectivity index (χ4v) is 2.11. The maximum atomic E-state index is 11.3. The van der Waals surface area contributed by atoms with Crippen LogP contribution in [0.15, 0.2) is 42.6 Å². The molecule has 3 rings (SSSR count). The van der Waals surface area contributed by atoms with Crippen molar-refractivity contribution in [1.29, 1.82) is 0 Å². The number of aryl methyl sites for hydroxylation is 1. The first-order chi connectivity index (χ1) is 8.79. The fourth-order valence-electron chi connectivity index (χ4n) is 2.11. The van der Waals surface area contributed by atoms with Crippen molar-refractivity contribution in [1.82, 2.24) is 9.97 Å². The Hall–Kier alpha value is -2.42. The lowest BCUT2D eigenvalue weighted by Gasteiger charge is -2.00. The van der Waals surface area contributed by atoms with E-state index < -0.39 is 0 Å². The van der Waals surface area contributed by atoms with Gasteiger partial charge in [0.1, 0.15) is 5.65 Å². The normalized spacial score (nSPS) is 10.7. The molecule has 0 aliphatic heterocycles. The summed E-state index contributed by atoms with van der Waals surface area (Å²) >= 11 is 0. The van der Waals surface area contributed by atoms with Gasteiger partial charge in [-0.15, -0.1) is 0 Å². The quantitative estimate of drug-likeness (QED) is 0.693. The van der Waals surface area contributed by atoms with E-state index in [1.54, 1.807) is 6.20 Å². The van der Waals surface area contributed by atoms with Crippen LogP contribution in [0.3, 0.4) is 0 Å². The second-order valence-corrected chi connectivity index (χ2v) is 4.30. The van der Waals surface area contributed by atoms with Crippen molar-refractivity contribution >= 4 is 17.3 Å². The number of carbonyl (C=O) groups is 1. The lowest BCUT2D eigenvalue weighted by atomic mass is 10.1. The molecule has 0 amide bonds. The van der Waals surface area contributed by atoms with Crippen LogP contribution >= 0.6 is 0 Å². The van der Waals surface area contributed by atoms with Crippen molar-refractivity contribution in [3.63, 3.8) is 0 Å². The van der Waals surface area contributed by atoms with Crippen LogP contribution in [-0.4, -0.2) is 16.3 Å². The first-order valence-corrected chi connectivity index (χ1v) is 5.78. The Kier molecular flexibility index (Phi) is 2.45. The molecule has 0 saturated heterocycles. The number of pyridine rings is 1. The van der Waals surface area contributed by atoms with E-state index in [4.69, 9.17) is 0 Å². The van der Waals surface area contributed by atoms with Gasteiger partial charge in [0.15, 0.2) is 6.29 Å². The van der Waals surface area contributed by atoms with Crippen molar-refractivity contribution < 1.29 is 4.79 Å². The molecule has 0 aliphatic carbocycles. The maximum Gasteiger partial charge on any atom is 0.152 e. The van der Waals surface area contributed by atoms with E-state index in [-0.39, 0.29) is 0 Å². The van der Waals surface area contributed by atoms with Gasteiger partial charge in [-0.2, -0.15) is 0 Å². The summed E-state index contributed by atoms with van der Waals surface area (Å²) in [5.74, 6) is 0. The molecular weight excluding hydrogens is 224 g/mol. The highest BCUT2D eigenvalue weighted by Crippen LogP contribution is 2.28. The fraction of sp³-hybridized carbons (Fsp3) is 0.0667. The second-order valence-electron chi connectivity index (χ2n) is 4.30. The van der Waals surface area contributed by atoms with Gasteiger partial charge in [-0.05, 0) is 24.6 Å². The second kappa shape index (κ2) is 4.11. The van der Waals surface area contributed by atoms with Gasteiger partial charge in [0.2, 0.25) is 0 Å². The Morgan fingerprint density at radius 3 is 2.67 bits per heavy atom. The number of aldehydes is 1. The molecular formula is C15H12N2O. The molecule has 18 heavy (non-hydrogen) atoms. The number of benzene rings is 1. The van der Waals surface area contributed by atoms with Crippen LogP contribution in [0, 0.1) is 6.92 Å². The van der Waals surface area contributed by atoms with Crippen LogP contribution < -0.4 is 0 Å². The van der Waals surface area contributed by atoms with Gasteiger partial charge in [0, 0.05) is 17.1 Å². The average Bonchev–Trinajstić information content (AvgIpc) is 2.78. The van der Waals surface area contributed by atoms with Gasteiger partial charge in [0.05, 0.1) is 5.69 Å². The van der Waals surface area contributed by atoms with E-state index >= 15 is 0 Å². The van der Waals surface area contributed by atoms with Gasteiger partial charge in [-0.3, -0.25) is 4.79 Å². The lowest BCUT2D eigenvalue weighted by Crippen LogP contribution is -1.84. The van der Waals surface area contributed by atoms with Gasteiger partial charge in [-0.25, -0.2) is 4.98 Å².